The van der Waals surface area contributed by atoms with E-state index < -0.39 is 22.6 Å². The largest absolute Gasteiger partial charge is 0.484 e. The molecule has 0 N–H and O–H groups in total. The summed E-state index contributed by atoms with van der Waals surface area (Å²) in [5, 5.41) is 0. The summed E-state index contributed by atoms with van der Waals surface area (Å²) in [7, 11) is -1.28. The summed E-state index contributed by atoms with van der Waals surface area (Å²) in [6, 6.07) is 3.39. The van der Waals surface area contributed by atoms with Crippen molar-refractivity contribution in [3.8, 4) is 5.75 Å². The summed E-state index contributed by atoms with van der Waals surface area (Å²) < 4.78 is 66.5. The third-order valence-electron chi connectivity index (χ3n) is 6.37. The van der Waals surface area contributed by atoms with Crippen molar-refractivity contribution in [1.29, 1.82) is 0 Å². The lowest BCUT2D eigenvalue weighted by molar-refractivity contribution is -0.153. The Balaban J connectivity index is 1.66. The Labute approximate surface area is 194 Å². The number of ether oxygens (including phenoxy) is 1. The van der Waals surface area contributed by atoms with E-state index in [1.54, 1.807) is 26.0 Å². The smallest absolute Gasteiger partial charge is 0.422 e. The van der Waals surface area contributed by atoms with Crippen LogP contribution in [0, 0.1) is 13.8 Å². The summed E-state index contributed by atoms with van der Waals surface area (Å²) in [5.41, 5.74) is 2.09. The minimum atomic E-state index is -4.40. The fraction of sp³-hybridized carbons (Fsp3) is 0.696. The maximum atomic E-state index is 13.3. The number of nitrogens with zero attached hydrogens (tertiary/aromatic N) is 2. The van der Waals surface area contributed by atoms with Crippen LogP contribution in [0.25, 0.3) is 0 Å². The predicted octanol–water partition coefficient (Wildman–Crippen LogP) is 3.63. The molecule has 1 amide bonds. The van der Waals surface area contributed by atoms with Crippen LogP contribution in [0.3, 0.4) is 0 Å². The number of sulfone groups is 1. The second-order valence-corrected chi connectivity index (χ2v) is 11.7. The Morgan fingerprint density at radius 2 is 1.70 bits per heavy atom. The van der Waals surface area contributed by atoms with E-state index in [9.17, 15) is 26.4 Å². The van der Waals surface area contributed by atoms with Crippen molar-refractivity contribution in [2.24, 2.45) is 0 Å². The molecule has 1 saturated carbocycles. The molecule has 2 aliphatic rings. The number of carbonyl (C=O) groups is 1. The Kier molecular flexibility index (Phi) is 7.99. The first-order chi connectivity index (χ1) is 15.3. The molecule has 1 aliphatic carbocycles. The minimum Gasteiger partial charge on any atom is -0.484 e. The van der Waals surface area contributed by atoms with Crippen LogP contribution in [0.15, 0.2) is 12.1 Å². The Hall–Kier alpha value is -1.81. The highest BCUT2D eigenvalue weighted by atomic mass is 32.2. The monoisotopic (exact) mass is 490 g/mol. The molecule has 2 fully saturated rings. The van der Waals surface area contributed by atoms with Crippen molar-refractivity contribution in [3.63, 3.8) is 0 Å². The van der Waals surface area contributed by atoms with E-state index in [0.29, 0.717) is 24.1 Å². The maximum absolute atomic E-state index is 13.3. The van der Waals surface area contributed by atoms with E-state index in [1.807, 2.05) is 16.8 Å². The molecule has 1 heterocycles. The Morgan fingerprint density at radius 3 is 2.21 bits per heavy atom. The summed E-state index contributed by atoms with van der Waals surface area (Å²) in [5.74, 6) is 0.330. The zero-order chi connectivity index (χ0) is 24.4. The summed E-state index contributed by atoms with van der Waals surface area (Å²) in [4.78, 5) is 17.0. The highest BCUT2D eigenvalue weighted by Crippen LogP contribution is 2.30. The van der Waals surface area contributed by atoms with Gasteiger partial charge in [0, 0.05) is 18.6 Å². The molecule has 6 nitrogen and oxygen atoms in total. The zero-order valence-electron chi connectivity index (χ0n) is 19.5. The van der Waals surface area contributed by atoms with Crippen LogP contribution >= 0.6 is 0 Å². The molecule has 186 valence electrons. The van der Waals surface area contributed by atoms with Gasteiger partial charge < -0.3 is 9.64 Å². The molecule has 1 aliphatic heterocycles. The normalized spacial score (nSPS) is 21.0. The molecule has 1 unspecified atom stereocenters. The lowest BCUT2D eigenvalue weighted by atomic mass is 10.1. The quantitative estimate of drug-likeness (QED) is 0.557. The number of benzene rings is 1. The average molecular weight is 491 g/mol. The SMILES string of the molecule is Cc1cc(CN(C)CC(=O)N(C2CCCC2)C2CCS(=O)(=O)C2)cc(C)c1OCC(F)(F)F. The molecule has 10 heteroatoms. The predicted molar refractivity (Wildman–Crippen MR) is 120 cm³/mol. The number of carbonyl (C=O) groups excluding carboxylic acids is 1. The van der Waals surface area contributed by atoms with Gasteiger partial charge in [-0.1, -0.05) is 25.0 Å². The van der Waals surface area contributed by atoms with E-state index >= 15 is 0 Å². The first-order valence-electron chi connectivity index (χ1n) is 11.3. The summed E-state index contributed by atoms with van der Waals surface area (Å²) in [6.45, 7) is 2.66. The minimum absolute atomic E-state index is 0.0384. The highest BCUT2D eigenvalue weighted by Gasteiger charge is 2.39. The third kappa shape index (κ3) is 7.09. The van der Waals surface area contributed by atoms with Crippen LogP contribution in [0.2, 0.25) is 0 Å². The average Bonchev–Trinajstić information content (AvgIpc) is 3.30. The fourth-order valence-electron chi connectivity index (χ4n) is 5.08. The maximum Gasteiger partial charge on any atom is 0.422 e. The number of hydrogen-bond acceptors (Lipinski definition) is 5. The standard InChI is InChI=1S/C23H33F3N2O4S/c1-16-10-18(11-17(2)22(16)32-15-23(24,25)26)12-27(3)13-21(29)28(19-6-4-5-7-19)20-8-9-33(30,31)14-20/h10-11,19-20H,4-9,12-15H2,1-3H3. The van der Waals surface area contributed by atoms with Gasteiger partial charge >= 0.3 is 6.18 Å². The lowest BCUT2D eigenvalue weighted by Crippen LogP contribution is -2.50. The van der Waals surface area contributed by atoms with Crippen molar-refractivity contribution >= 4 is 15.7 Å². The molecule has 1 saturated heterocycles. The van der Waals surface area contributed by atoms with Crippen molar-refractivity contribution in [1.82, 2.24) is 9.80 Å². The van der Waals surface area contributed by atoms with Crippen LogP contribution in [0.5, 0.6) is 5.75 Å². The lowest BCUT2D eigenvalue weighted by Gasteiger charge is -2.35. The fourth-order valence-corrected chi connectivity index (χ4v) is 6.79. The van der Waals surface area contributed by atoms with Crippen molar-refractivity contribution < 1.29 is 31.1 Å². The van der Waals surface area contributed by atoms with E-state index in [4.69, 9.17) is 4.74 Å². The van der Waals surface area contributed by atoms with Crippen molar-refractivity contribution in [3.05, 3.63) is 28.8 Å². The van der Waals surface area contributed by atoms with E-state index in [1.165, 1.54) is 0 Å². The first-order valence-corrected chi connectivity index (χ1v) is 13.2. The van der Waals surface area contributed by atoms with Crippen LogP contribution in [-0.2, 0) is 21.2 Å². The van der Waals surface area contributed by atoms with Crippen molar-refractivity contribution in [2.75, 3.05) is 31.7 Å². The van der Waals surface area contributed by atoms with Gasteiger partial charge in [-0.25, -0.2) is 8.42 Å². The molecule has 1 aromatic rings. The highest BCUT2D eigenvalue weighted by molar-refractivity contribution is 7.91. The van der Waals surface area contributed by atoms with E-state index in [0.717, 1.165) is 31.2 Å². The van der Waals surface area contributed by atoms with E-state index in [-0.39, 0.29) is 41.8 Å². The zero-order valence-corrected chi connectivity index (χ0v) is 20.3. The molecule has 0 radical (unpaired) electrons. The summed E-state index contributed by atoms with van der Waals surface area (Å²) in [6.07, 6.45) is -0.00225. The van der Waals surface area contributed by atoms with Gasteiger partial charge in [0.1, 0.15) is 5.75 Å². The van der Waals surface area contributed by atoms with Gasteiger partial charge in [0.25, 0.3) is 0 Å². The van der Waals surface area contributed by atoms with Gasteiger partial charge in [0.15, 0.2) is 16.4 Å². The second kappa shape index (κ2) is 10.2. The van der Waals surface area contributed by atoms with Crippen LogP contribution < -0.4 is 4.74 Å². The van der Waals surface area contributed by atoms with Crippen LogP contribution in [-0.4, -0.2) is 74.1 Å². The Bertz CT molecular complexity index is 936. The topological polar surface area (TPSA) is 66.9 Å². The summed E-state index contributed by atoms with van der Waals surface area (Å²) >= 11 is 0. The molecular formula is C23H33F3N2O4S. The number of likely N-dealkylation sites (N-methyl/N-ethyl adjacent to an activating group) is 1. The molecule has 33 heavy (non-hydrogen) atoms. The van der Waals surface area contributed by atoms with Gasteiger partial charge in [0.2, 0.25) is 5.91 Å². The number of halogens is 3. The third-order valence-corrected chi connectivity index (χ3v) is 8.12. The first kappa shape index (κ1) is 25.8. The van der Waals surface area contributed by atoms with Crippen molar-refractivity contribution in [2.45, 2.75) is 70.8 Å². The van der Waals surface area contributed by atoms with Gasteiger partial charge in [-0.05, 0) is 56.8 Å². The Morgan fingerprint density at radius 1 is 1.09 bits per heavy atom. The van der Waals surface area contributed by atoms with Crippen LogP contribution in [0.4, 0.5) is 13.2 Å². The molecule has 1 aromatic carbocycles. The molecule has 0 bridgehead atoms. The number of alkyl halides is 3. The van der Waals surface area contributed by atoms with E-state index in [2.05, 4.69) is 0 Å². The van der Waals surface area contributed by atoms with Gasteiger partial charge in [-0.15, -0.1) is 0 Å². The molecular weight excluding hydrogens is 457 g/mol. The molecule has 1 atom stereocenters. The number of hydrogen-bond donors (Lipinski definition) is 0. The van der Waals surface area contributed by atoms with Gasteiger partial charge in [-0.3, -0.25) is 9.69 Å². The van der Waals surface area contributed by atoms with Gasteiger partial charge in [-0.2, -0.15) is 13.2 Å². The number of amides is 1. The second-order valence-electron chi connectivity index (χ2n) is 9.43. The molecule has 0 aromatic heterocycles. The molecule has 3 rings (SSSR count). The number of aryl methyl sites for hydroxylation is 2. The molecule has 0 spiro atoms. The number of rotatable bonds is 8. The van der Waals surface area contributed by atoms with Gasteiger partial charge in [0.05, 0.1) is 18.1 Å². The van der Waals surface area contributed by atoms with Crippen LogP contribution in [0.1, 0.15) is 48.8 Å².